The van der Waals surface area contributed by atoms with Gasteiger partial charge < -0.3 is 14.4 Å². The van der Waals surface area contributed by atoms with E-state index < -0.39 is 6.10 Å². The SMILES string of the molecule is CC[C@@H](O)CN(Cc1nnc(-c2ccccc2)o1)c1ccccc1. The van der Waals surface area contributed by atoms with Crippen LogP contribution in [0.1, 0.15) is 19.2 Å². The van der Waals surface area contributed by atoms with Crippen LogP contribution in [0.15, 0.2) is 65.1 Å². The minimum Gasteiger partial charge on any atom is -0.419 e. The minimum absolute atomic E-state index is 0.401. The van der Waals surface area contributed by atoms with Crippen LogP contribution in [0.2, 0.25) is 0 Å². The number of anilines is 1. The molecule has 0 bridgehead atoms. The molecule has 0 saturated heterocycles. The van der Waals surface area contributed by atoms with Gasteiger partial charge >= 0.3 is 0 Å². The molecule has 1 N–H and O–H groups in total. The lowest BCUT2D eigenvalue weighted by Gasteiger charge is -2.25. The fourth-order valence-electron chi connectivity index (χ4n) is 2.46. The van der Waals surface area contributed by atoms with Gasteiger partial charge in [-0.25, -0.2) is 0 Å². The summed E-state index contributed by atoms with van der Waals surface area (Å²) >= 11 is 0. The van der Waals surface area contributed by atoms with Gasteiger partial charge in [-0.3, -0.25) is 0 Å². The number of para-hydroxylation sites is 1. The van der Waals surface area contributed by atoms with Crippen LogP contribution in [-0.4, -0.2) is 28.0 Å². The molecule has 1 aromatic heterocycles. The zero-order chi connectivity index (χ0) is 16.8. The lowest BCUT2D eigenvalue weighted by molar-refractivity contribution is 0.174. The molecule has 0 unspecified atom stereocenters. The highest BCUT2D eigenvalue weighted by Gasteiger charge is 2.16. The van der Waals surface area contributed by atoms with Gasteiger partial charge in [0.05, 0.1) is 12.6 Å². The van der Waals surface area contributed by atoms with E-state index in [-0.39, 0.29) is 0 Å². The highest BCUT2D eigenvalue weighted by molar-refractivity contribution is 5.52. The summed E-state index contributed by atoms with van der Waals surface area (Å²) in [4.78, 5) is 2.05. The third-order valence-corrected chi connectivity index (χ3v) is 3.84. The Morgan fingerprint density at radius 1 is 1.00 bits per heavy atom. The average molecular weight is 323 g/mol. The maximum atomic E-state index is 10.0. The van der Waals surface area contributed by atoms with Gasteiger partial charge in [0.15, 0.2) is 0 Å². The highest BCUT2D eigenvalue weighted by atomic mass is 16.4. The molecule has 0 aliphatic rings. The first-order valence-corrected chi connectivity index (χ1v) is 8.12. The van der Waals surface area contributed by atoms with Crippen LogP contribution in [-0.2, 0) is 6.54 Å². The standard InChI is InChI=1S/C19H21N3O2/c1-2-17(23)13-22(16-11-7-4-8-12-16)14-18-20-21-19(24-18)15-9-5-3-6-10-15/h3-12,17,23H,2,13-14H2,1H3/t17-/m1/s1. The molecule has 0 aliphatic heterocycles. The largest absolute Gasteiger partial charge is 0.419 e. The Morgan fingerprint density at radius 3 is 2.33 bits per heavy atom. The van der Waals surface area contributed by atoms with Crippen molar-refractivity contribution in [3.8, 4) is 11.5 Å². The van der Waals surface area contributed by atoms with Gasteiger partial charge in [0.2, 0.25) is 11.8 Å². The predicted molar refractivity (Wildman–Crippen MR) is 93.5 cm³/mol. The number of aliphatic hydroxyl groups excluding tert-OH is 1. The normalized spacial score (nSPS) is 12.1. The van der Waals surface area contributed by atoms with Crippen LogP contribution in [0.25, 0.3) is 11.5 Å². The van der Waals surface area contributed by atoms with Crippen molar-refractivity contribution in [1.29, 1.82) is 0 Å². The number of nitrogens with zero attached hydrogens (tertiary/aromatic N) is 3. The summed E-state index contributed by atoms with van der Waals surface area (Å²) in [6, 6.07) is 19.6. The van der Waals surface area contributed by atoms with Crippen LogP contribution in [0, 0.1) is 0 Å². The summed E-state index contributed by atoms with van der Waals surface area (Å²) in [6.45, 7) is 2.94. The molecule has 24 heavy (non-hydrogen) atoms. The van der Waals surface area contributed by atoms with E-state index in [1.165, 1.54) is 0 Å². The molecule has 0 fully saturated rings. The Labute approximate surface area is 141 Å². The van der Waals surface area contributed by atoms with Crippen LogP contribution < -0.4 is 4.90 Å². The summed E-state index contributed by atoms with van der Waals surface area (Å²) in [7, 11) is 0. The van der Waals surface area contributed by atoms with Crippen molar-refractivity contribution < 1.29 is 9.52 Å². The monoisotopic (exact) mass is 323 g/mol. The van der Waals surface area contributed by atoms with E-state index in [2.05, 4.69) is 15.1 Å². The maximum Gasteiger partial charge on any atom is 0.247 e. The molecule has 0 aliphatic carbocycles. The topological polar surface area (TPSA) is 62.4 Å². The molecule has 0 spiro atoms. The summed E-state index contributed by atoms with van der Waals surface area (Å²) < 4.78 is 5.79. The average Bonchev–Trinajstić information content (AvgIpc) is 3.11. The number of rotatable bonds is 7. The number of hydrogen-bond donors (Lipinski definition) is 1. The van der Waals surface area contributed by atoms with Gasteiger partial charge in [0.25, 0.3) is 0 Å². The molecule has 0 radical (unpaired) electrons. The Morgan fingerprint density at radius 2 is 1.67 bits per heavy atom. The van der Waals surface area contributed by atoms with E-state index in [1.54, 1.807) is 0 Å². The van der Waals surface area contributed by atoms with Crippen molar-refractivity contribution >= 4 is 5.69 Å². The predicted octanol–water partition coefficient (Wildman–Crippen LogP) is 3.51. The van der Waals surface area contributed by atoms with Gasteiger partial charge in [-0.15, -0.1) is 10.2 Å². The van der Waals surface area contributed by atoms with Crippen molar-refractivity contribution in [2.24, 2.45) is 0 Å². The van der Waals surface area contributed by atoms with E-state index >= 15 is 0 Å². The van der Waals surface area contributed by atoms with Gasteiger partial charge in [0, 0.05) is 17.8 Å². The lowest BCUT2D eigenvalue weighted by Crippen LogP contribution is -2.31. The van der Waals surface area contributed by atoms with Crippen LogP contribution in [0.3, 0.4) is 0 Å². The number of aliphatic hydroxyl groups is 1. The molecular formula is C19H21N3O2. The van der Waals surface area contributed by atoms with Crippen LogP contribution in [0.5, 0.6) is 0 Å². The Hall–Kier alpha value is -2.66. The third kappa shape index (κ3) is 4.00. The van der Waals surface area contributed by atoms with Crippen LogP contribution >= 0.6 is 0 Å². The molecule has 3 aromatic rings. The van der Waals surface area contributed by atoms with E-state index in [0.29, 0.717) is 31.3 Å². The van der Waals surface area contributed by atoms with Crippen molar-refractivity contribution in [2.75, 3.05) is 11.4 Å². The molecule has 0 amide bonds. The summed E-state index contributed by atoms with van der Waals surface area (Å²) in [5.41, 5.74) is 1.92. The second-order valence-corrected chi connectivity index (χ2v) is 5.65. The molecule has 1 heterocycles. The van der Waals surface area contributed by atoms with Crippen molar-refractivity contribution in [2.45, 2.75) is 26.0 Å². The number of aromatic nitrogens is 2. The Balaban J connectivity index is 1.79. The lowest BCUT2D eigenvalue weighted by atomic mass is 10.2. The molecule has 3 rings (SSSR count). The van der Waals surface area contributed by atoms with Gasteiger partial charge in [0.1, 0.15) is 0 Å². The fraction of sp³-hybridized carbons (Fsp3) is 0.263. The quantitative estimate of drug-likeness (QED) is 0.721. The zero-order valence-electron chi connectivity index (χ0n) is 13.7. The molecule has 5 nitrogen and oxygen atoms in total. The van der Waals surface area contributed by atoms with Crippen molar-refractivity contribution in [3.63, 3.8) is 0 Å². The summed E-state index contributed by atoms with van der Waals surface area (Å²) in [5, 5.41) is 18.3. The summed E-state index contributed by atoms with van der Waals surface area (Å²) in [5.74, 6) is 1.04. The first kappa shape index (κ1) is 16.2. The van der Waals surface area contributed by atoms with E-state index in [4.69, 9.17) is 4.42 Å². The smallest absolute Gasteiger partial charge is 0.247 e. The molecular weight excluding hydrogens is 302 g/mol. The van der Waals surface area contributed by atoms with E-state index in [1.807, 2.05) is 67.6 Å². The third-order valence-electron chi connectivity index (χ3n) is 3.84. The van der Waals surface area contributed by atoms with Crippen molar-refractivity contribution in [1.82, 2.24) is 10.2 Å². The first-order chi connectivity index (χ1) is 11.8. The molecule has 0 saturated carbocycles. The van der Waals surface area contributed by atoms with Crippen molar-refractivity contribution in [3.05, 3.63) is 66.6 Å². The number of benzene rings is 2. The second-order valence-electron chi connectivity index (χ2n) is 5.65. The van der Waals surface area contributed by atoms with E-state index in [9.17, 15) is 5.11 Å². The van der Waals surface area contributed by atoms with Gasteiger partial charge in [-0.2, -0.15) is 0 Å². The Kier molecular flexibility index (Phi) is 5.23. The van der Waals surface area contributed by atoms with Crippen LogP contribution in [0.4, 0.5) is 5.69 Å². The fourth-order valence-corrected chi connectivity index (χ4v) is 2.46. The maximum absolute atomic E-state index is 10.0. The Bertz CT molecular complexity index is 744. The highest BCUT2D eigenvalue weighted by Crippen LogP contribution is 2.21. The van der Waals surface area contributed by atoms with Gasteiger partial charge in [-0.05, 0) is 30.7 Å². The molecule has 1 atom stereocenters. The number of hydrogen-bond acceptors (Lipinski definition) is 5. The molecule has 2 aromatic carbocycles. The molecule has 5 heteroatoms. The minimum atomic E-state index is -0.401. The second kappa shape index (κ2) is 7.75. The first-order valence-electron chi connectivity index (χ1n) is 8.12. The van der Waals surface area contributed by atoms with E-state index in [0.717, 1.165) is 11.3 Å². The van der Waals surface area contributed by atoms with Gasteiger partial charge in [-0.1, -0.05) is 43.3 Å². The molecule has 124 valence electrons. The summed E-state index contributed by atoms with van der Waals surface area (Å²) in [6.07, 6.45) is 0.296. The zero-order valence-corrected chi connectivity index (χ0v) is 13.7.